The van der Waals surface area contributed by atoms with Crippen molar-refractivity contribution in [3.8, 4) is 0 Å². The highest BCUT2D eigenvalue weighted by Gasteiger charge is 2.48. The number of hydrogen-bond donors (Lipinski definition) is 4. The molecule has 1 aliphatic rings. The zero-order valence-electron chi connectivity index (χ0n) is 22.4. The van der Waals surface area contributed by atoms with Gasteiger partial charge in [-0.25, -0.2) is 8.78 Å². The quantitative estimate of drug-likeness (QED) is 0.293. The second kappa shape index (κ2) is 14.0. The van der Waals surface area contributed by atoms with Crippen molar-refractivity contribution in [2.45, 2.75) is 51.3 Å². The summed E-state index contributed by atoms with van der Waals surface area (Å²) < 4.78 is 28.1. The van der Waals surface area contributed by atoms with Crippen LogP contribution in [0.25, 0.3) is 0 Å². The van der Waals surface area contributed by atoms with Crippen molar-refractivity contribution < 1.29 is 23.5 Å². The van der Waals surface area contributed by atoms with E-state index in [2.05, 4.69) is 15.6 Å². The molecule has 39 heavy (non-hydrogen) atoms. The fraction of sp³-hybridized carbons (Fsp3) is 0.414. The van der Waals surface area contributed by atoms with Crippen LogP contribution in [0.4, 0.5) is 8.78 Å². The van der Waals surface area contributed by atoms with Crippen LogP contribution in [0.5, 0.6) is 0 Å². The van der Waals surface area contributed by atoms with Crippen molar-refractivity contribution in [1.29, 1.82) is 0 Å². The standard InChI is InChI=1S/C29H37F2N5O3/c1-3-10-36(11-4-2)27(38)25-16-29(28(32)39,35-19-34-25)24(14-21-12-22(30)15-23(31)13-21)26(37)18-33-17-20-8-6-5-7-9-20/h5-9,12-13,15-16,19,24,26,33,37H,3-4,10-11,14,17-18H2,1-2H3,(H2,32,39)(H,34,35)/t24-,26+,29?/m1/s1. The van der Waals surface area contributed by atoms with Gasteiger partial charge in [0.25, 0.3) is 5.91 Å². The summed E-state index contributed by atoms with van der Waals surface area (Å²) in [5, 5.41) is 17.4. The zero-order chi connectivity index (χ0) is 28.4. The van der Waals surface area contributed by atoms with Crippen molar-refractivity contribution in [3.05, 3.63) is 83.1 Å². The van der Waals surface area contributed by atoms with Gasteiger partial charge in [0.05, 0.1) is 12.4 Å². The number of amides is 2. The molecule has 1 aliphatic heterocycles. The van der Waals surface area contributed by atoms with E-state index in [9.17, 15) is 23.5 Å². The lowest BCUT2D eigenvalue weighted by atomic mass is 9.75. The molecule has 3 atom stereocenters. The van der Waals surface area contributed by atoms with Crippen molar-refractivity contribution in [3.63, 3.8) is 0 Å². The largest absolute Gasteiger partial charge is 0.391 e. The van der Waals surface area contributed by atoms with Crippen LogP contribution in [0.15, 0.2) is 65.3 Å². The van der Waals surface area contributed by atoms with Gasteiger partial charge in [-0.05, 0) is 48.6 Å². The summed E-state index contributed by atoms with van der Waals surface area (Å²) in [6.45, 7) is 5.43. The molecule has 5 N–H and O–H groups in total. The minimum atomic E-state index is -1.85. The normalized spacial score (nSPS) is 18.1. The van der Waals surface area contributed by atoms with E-state index < -0.39 is 35.1 Å². The lowest BCUT2D eigenvalue weighted by molar-refractivity contribution is -0.127. The summed E-state index contributed by atoms with van der Waals surface area (Å²) in [7, 11) is 0. The third-order valence-corrected chi connectivity index (χ3v) is 6.70. The molecular weight excluding hydrogens is 504 g/mol. The van der Waals surface area contributed by atoms with E-state index in [4.69, 9.17) is 5.73 Å². The van der Waals surface area contributed by atoms with Gasteiger partial charge in [-0.2, -0.15) is 0 Å². The molecule has 1 unspecified atom stereocenters. The summed E-state index contributed by atoms with van der Waals surface area (Å²) in [4.78, 5) is 32.4. The van der Waals surface area contributed by atoms with Crippen LogP contribution in [0, 0.1) is 17.6 Å². The summed E-state index contributed by atoms with van der Waals surface area (Å²) in [5.74, 6) is -3.85. The lowest BCUT2D eigenvalue weighted by Crippen LogP contribution is -2.56. The molecule has 0 saturated carbocycles. The topological polar surface area (TPSA) is 120 Å². The SMILES string of the molecule is CCCN(CCC)C(=O)C1=CC(C(N)=O)([C@H](Cc2cc(F)cc(F)c2)[C@@H](O)CNCc2ccccc2)N=CN1. The number of carbonyl (C=O) groups excluding carboxylic acids is 2. The van der Waals surface area contributed by atoms with E-state index in [1.807, 2.05) is 44.2 Å². The molecular formula is C29H37F2N5O3. The summed E-state index contributed by atoms with van der Waals surface area (Å²) in [6, 6.07) is 12.6. The first-order valence-corrected chi connectivity index (χ1v) is 13.2. The van der Waals surface area contributed by atoms with Crippen LogP contribution >= 0.6 is 0 Å². The van der Waals surface area contributed by atoms with E-state index in [0.29, 0.717) is 19.6 Å². The van der Waals surface area contributed by atoms with Crippen molar-refractivity contribution in [2.75, 3.05) is 19.6 Å². The van der Waals surface area contributed by atoms with E-state index in [1.54, 1.807) is 4.90 Å². The van der Waals surface area contributed by atoms with Crippen molar-refractivity contribution in [2.24, 2.45) is 16.6 Å². The van der Waals surface area contributed by atoms with Gasteiger partial charge in [0.2, 0.25) is 5.91 Å². The number of primary amides is 1. The molecule has 2 amide bonds. The molecule has 0 aliphatic carbocycles. The number of aliphatic hydroxyl groups is 1. The van der Waals surface area contributed by atoms with Crippen LogP contribution in [0.2, 0.25) is 0 Å². The molecule has 2 aromatic carbocycles. The Kier molecular flexibility index (Phi) is 10.7. The Balaban J connectivity index is 1.98. The first-order valence-electron chi connectivity index (χ1n) is 13.2. The molecule has 210 valence electrons. The second-order valence-electron chi connectivity index (χ2n) is 9.71. The van der Waals surface area contributed by atoms with Crippen LogP contribution in [-0.4, -0.2) is 59.4 Å². The third kappa shape index (κ3) is 7.70. The Morgan fingerprint density at radius 2 is 1.72 bits per heavy atom. The van der Waals surface area contributed by atoms with E-state index in [1.165, 1.54) is 12.4 Å². The first kappa shape index (κ1) is 29.9. The minimum absolute atomic E-state index is 0.0320. The van der Waals surface area contributed by atoms with Gasteiger partial charge in [-0.3, -0.25) is 14.6 Å². The number of aliphatic hydroxyl groups excluding tert-OH is 1. The molecule has 0 aromatic heterocycles. The molecule has 0 spiro atoms. The van der Waals surface area contributed by atoms with Crippen molar-refractivity contribution >= 4 is 18.2 Å². The maximum Gasteiger partial charge on any atom is 0.270 e. The fourth-order valence-electron chi connectivity index (χ4n) is 4.85. The monoisotopic (exact) mass is 541 g/mol. The van der Waals surface area contributed by atoms with Gasteiger partial charge in [0, 0.05) is 38.2 Å². The summed E-state index contributed by atoms with van der Waals surface area (Å²) in [6.07, 6.45) is 2.70. The Bertz CT molecular complexity index is 1160. The Morgan fingerprint density at radius 3 is 2.31 bits per heavy atom. The molecule has 0 saturated heterocycles. The lowest BCUT2D eigenvalue weighted by Gasteiger charge is -2.38. The third-order valence-electron chi connectivity index (χ3n) is 6.70. The number of hydrogen-bond acceptors (Lipinski definition) is 6. The Hall–Kier alpha value is -3.63. The predicted octanol–water partition coefficient (Wildman–Crippen LogP) is 2.66. The maximum atomic E-state index is 14.1. The highest BCUT2D eigenvalue weighted by molar-refractivity contribution is 6.00. The molecule has 0 bridgehead atoms. The van der Waals surface area contributed by atoms with E-state index in [0.717, 1.165) is 36.6 Å². The zero-order valence-corrected chi connectivity index (χ0v) is 22.4. The first-order chi connectivity index (χ1) is 18.7. The van der Waals surface area contributed by atoms with Gasteiger partial charge in [0.15, 0.2) is 5.54 Å². The fourth-order valence-corrected chi connectivity index (χ4v) is 4.85. The number of halogens is 2. The second-order valence-corrected chi connectivity index (χ2v) is 9.71. The number of aliphatic imine (C=N–C) groups is 1. The molecule has 2 aromatic rings. The maximum absolute atomic E-state index is 14.1. The average molecular weight is 542 g/mol. The van der Waals surface area contributed by atoms with Crippen LogP contribution in [-0.2, 0) is 22.6 Å². The van der Waals surface area contributed by atoms with Gasteiger partial charge >= 0.3 is 0 Å². The number of nitrogens with one attached hydrogen (secondary N) is 2. The van der Waals surface area contributed by atoms with Gasteiger partial charge in [0.1, 0.15) is 17.3 Å². The molecule has 0 radical (unpaired) electrons. The van der Waals surface area contributed by atoms with Crippen LogP contribution < -0.4 is 16.4 Å². The van der Waals surface area contributed by atoms with Gasteiger partial charge in [-0.1, -0.05) is 44.2 Å². The van der Waals surface area contributed by atoms with Crippen LogP contribution in [0.1, 0.15) is 37.8 Å². The molecule has 8 nitrogen and oxygen atoms in total. The number of carbonyl (C=O) groups is 2. The molecule has 1 heterocycles. The smallest absolute Gasteiger partial charge is 0.270 e. The van der Waals surface area contributed by atoms with Crippen molar-refractivity contribution in [1.82, 2.24) is 15.5 Å². The molecule has 10 heteroatoms. The number of rotatable bonds is 14. The summed E-state index contributed by atoms with van der Waals surface area (Å²) >= 11 is 0. The Morgan fingerprint density at radius 1 is 1.08 bits per heavy atom. The van der Waals surface area contributed by atoms with E-state index >= 15 is 0 Å². The highest BCUT2D eigenvalue weighted by Crippen LogP contribution is 2.33. The minimum Gasteiger partial charge on any atom is -0.391 e. The predicted molar refractivity (Wildman–Crippen MR) is 147 cm³/mol. The average Bonchev–Trinajstić information content (AvgIpc) is 2.91. The number of nitrogens with zero attached hydrogens (tertiary/aromatic N) is 2. The van der Waals surface area contributed by atoms with Gasteiger partial charge < -0.3 is 26.4 Å². The number of nitrogens with two attached hydrogens (primary N) is 1. The molecule has 3 rings (SSSR count). The highest BCUT2D eigenvalue weighted by atomic mass is 19.1. The van der Waals surface area contributed by atoms with E-state index in [-0.39, 0.29) is 30.1 Å². The van der Waals surface area contributed by atoms with Crippen LogP contribution in [0.3, 0.4) is 0 Å². The Labute approximate surface area is 228 Å². The summed E-state index contributed by atoms with van der Waals surface area (Å²) in [5.41, 5.74) is 5.35. The van der Waals surface area contributed by atoms with Gasteiger partial charge in [-0.15, -0.1) is 0 Å². The number of benzene rings is 2. The molecule has 0 fully saturated rings.